The smallest absolute Gasteiger partial charge is 0.260 e. The number of pyridine rings is 1. The summed E-state index contributed by atoms with van der Waals surface area (Å²) in [6.07, 6.45) is 1.73. The van der Waals surface area contributed by atoms with Crippen LogP contribution in [0.15, 0.2) is 6.07 Å². The highest BCUT2D eigenvalue weighted by molar-refractivity contribution is 7.91. The van der Waals surface area contributed by atoms with Crippen molar-refractivity contribution >= 4 is 48.8 Å². The van der Waals surface area contributed by atoms with E-state index in [1.54, 1.807) is 0 Å². The number of rotatable bonds is 4. The molecule has 0 atom stereocenters. The largest absolute Gasteiger partial charge is 0.397 e. The number of fused-ring (bicyclic) bond motifs is 1. The van der Waals surface area contributed by atoms with Crippen LogP contribution in [0.3, 0.4) is 0 Å². The summed E-state index contributed by atoms with van der Waals surface area (Å²) in [6.45, 7) is 2.92. The van der Waals surface area contributed by atoms with Crippen LogP contribution in [0.2, 0.25) is 0 Å². The number of nitrogens with zero attached hydrogens (tertiary/aromatic N) is 2. The zero-order valence-corrected chi connectivity index (χ0v) is 15.0. The molecule has 0 bridgehead atoms. The Bertz CT molecular complexity index is 891. The first-order chi connectivity index (χ1) is 11.3. The number of amides is 1. The number of nitrogens with two attached hydrogens (primary N) is 2. The van der Waals surface area contributed by atoms with Crippen molar-refractivity contribution < 1.29 is 13.2 Å². The molecule has 3 rings (SSSR count). The normalized spacial score (nSPS) is 17.3. The lowest BCUT2D eigenvalue weighted by Crippen LogP contribution is -2.40. The highest BCUT2D eigenvalue weighted by atomic mass is 32.2. The Kier molecular flexibility index (Phi) is 4.39. The summed E-state index contributed by atoms with van der Waals surface area (Å²) in [5.74, 6) is 0.450. The molecule has 1 fully saturated rings. The van der Waals surface area contributed by atoms with Gasteiger partial charge in [0.15, 0.2) is 9.84 Å². The van der Waals surface area contributed by atoms with Gasteiger partial charge in [-0.15, -0.1) is 11.3 Å². The van der Waals surface area contributed by atoms with E-state index in [0.717, 1.165) is 29.6 Å². The summed E-state index contributed by atoms with van der Waals surface area (Å²) in [4.78, 5) is 19.2. The van der Waals surface area contributed by atoms with Crippen molar-refractivity contribution in [1.29, 1.82) is 0 Å². The molecule has 0 saturated carbocycles. The molecule has 2 aromatic heterocycles. The van der Waals surface area contributed by atoms with Gasteiger partial charge in [-0.2, -0.15) is 0 Å². The van der Waals surface area contributed by atoms with E-state index >= 15 is 0 Å². The molecule has 3 heterocycles. The van der Waals surface area contributed by atoms with Gasteiger partial charge in [0.25, 0.3) is 5.91 Å². The van der Waals surface area contributed by atoms with Crippen LogP contribution < -0.4 is 16.4 Å². The molecular formula is C15H20N4O3S2. The third-order valence-corrected chi connectivity index (χ3v) is 6.90. The third-order valence-electron chi connectivity index (χ3n) is 4.18. The van der Waals surface area contributed by atoms with Crippen LogP contribution in [0, 0.1) is 0 Å². The Morgan fingerprint density at radius 3 is 2.62 bits per heavy atom. The van der Waals surface area contributed by atoms with E-state index < -0.39 is 15.7 Å². The van der Waals surface area contributed by atoms with Crippen LogP contribution in [0.5, 0.6) is 0 Å². The van der Waals surface area contributed by atoms with E-state index in [9.17, 15) is 13.2 Å². The van der Waals surface area contributed by atoms with E-state index in [4.69, 9.17) is 11.5 Å². The van der Waals surface area contributed by atoms with E-state index in [1.807, 2.05) is 11.0 Å². The molecule has 130 valence electrons. The van der Waals surface area contributed by atoms with Gasteiger partial charge >= 0.3 is 0 Å². The zero-order valence-electron chi connectivity index (χ0n) is 13.4. The molecule has 0 aliphatic carbocycles. The number of hydrogen-bond acceptors (Lipinski definition) is 7. The summed E-state index contributed by atoms with van der Waals surface area (Å²) >= 11 is 1.19. The highest BCUT2D eigenvalue weighted by Gasteiger charge is 2.25. The predicted molar refractivity (Wildman–Crippen MR) is 97.4 cm³/mol. The van der Waals surface area contributed by atoms with E-state index in [1.165, 1.54) is 11.3 Å². The molecule has 24 heavy (non-hydrogen) atoms. The van der Waals surface area contributed by atoms with Crippen LogP contribution in [-0.2, 0) is 16.3 Å². The SMILES string of the molecule is CCCc1cc(N2CCS(=O)(=O)CC2)nc2sc(C(N)=O)c(N)c12. The number of primary amides is 1. The average molecular weight is 368 g/mol. The quantitative estimate of drug-likeness (QED) is 0.836. The number of sulfone groups is 1. The lowest BCUT2D eigenvalue weighted by molar-refractivity contribution is 0.100. The summed E-state index contributed by atoms with van der Waals surface area (Å²) in [5.41, 5.74) is 12.9. The Morgan fingerprint density at radius 1 is 1.38 bits per heavy atom. The van der Waals surface area contributed by atoms with Gasteiger partial charge in [-0.25, -0.2) is 13.4 Å². The summed E-state index contributed by atoms with van der Waals surface area (Å²) in [6, 6.07) is 1.96. The number of nitrogen functional groups attached to an aromatic ring is 1. The molecule has 1 aliphatic rings. The fourth-order valence-electron chi connectivity index (χ4n) is 2.94. The van der Waals surface area contributed by atoms with Gasteiger partial charge in [0.2, 0.25) is 0 Å². The maximum absolute atomic E-state index is 11.6. The zero-order chi connectivity index (χ0) is 17.5. The van der Waals surface area contributed by atoms with Gasteiger partial charge < -0.3 is 16.4 Å². The Balaban J connectivity index is 2.09. The molecule has 4 N–H and O–H groups in total. The van der Waals surface area contributed by atoms with Gasteiger partial charge in [-0.3, -0.25) is 4.79 Å². The Morgan fingerprint density at radius 2 is 2.04 bits per heavy atom. The number of thiophene rings is 1. The highest BCUT2D eigenvalue weighted by Crippen LogP contribution is 2.37. The number of aromatic nitrogens is 1. The summed E-state index contributed by atoms with van der Waals surface area (Å²) in [5, 5.41) is 0.795. The topological polar surface area (TPSA) is 119 Å². The monoisotopic (exact) mass is 368 g/mol. The van der Waals surface area contributed by atoms with Crippen molar-refractivity contribution in [3.8, 4) is 0 Å². The third kappa shape index (κ3) is 3.05. The maximum atomic E-state index is 11.6. The van der Waals surface area contributed by atoms with Gasteiger partial charge in [0.1, 0.15) is 15.5 Å². The average Bonchev–Trinajstić information content (AvgIpc) is 2.85. The summed E-state index contributed by atoms with van der Waals surface area (Å²) < 4.78 is 23.2. The first-order valence-electron chi connectivity index (χ1n) is 7.79. The van der Waals surface area contributed by atoms with Crippen LogP contribution in [0.25, 0.3) is 10.2 Å². The molecule has 9 heteroatoms. The van der Waals surface area contributed by atoms with Crippen molar-refractivity contribution in [2.45, 2.75) is 19.8 Å². The van der Waals surface area contributed by atoms with Crippen LogP contribution in [0.1, 0.15) is 28.6 Å². The molecular weight excluding hydrogens is 348 g/mol. The van der Waals surface area contributed by atoms with Crippen molar-refractivity contribution in [2.24, 2.45) is 5.73 Å². The Hall–Kier alpha value is -1.87. The van der Waals surface area contributed by atoms with Crippen molar-refractivity contribution in [2.75, 3.05) is 35.2 Å². The first-order valence-corrected chi connectivity index (χ1v) is 10.4. The fraction of sp³-hybridized carbons (Fsp3) is 0.467. The molecule has 1 amide bonds. The van der Waals surface area contributed by atoms with E-state index in [0.29, 0.717) is 28.5 Å². The predicted octanol–water partition coefficient (Wildman–Crippen LogP) is 1.16. The number of anilines is 2. The van der Waals surface area contributed by atoms with E-state index in [-0.39, 0.29) is 11.5 Å². The molecule has 0 aromatic carbocycles. The van der Waals surface area contributed by atoms with Crippen molar-refractivity contribution in [3.63, 3.8) is 0 Å². The summed E-state index contributed by atoms with van der Waals surface area (Å²) in [7, 11) is -2.95. The first kappa shape index (κ1) is 17.0. The molecule has 0 spiro atoms. The van der Waals surface area contributed by atoms with Gasteiger partial charge in [-0.1, -0.05) is 13.3 Å². The fourth-order valence-corrected chi connectivity index (χ4v) is 5.13. The minimum Gasteiger partial charge on any atom is -0.397 e. The molecule has 1 saturated heterocycles. The molecule has 7 nitrogen and oxygen atoms in total. The van der Waals surface area contributed by atoms with Crippen LogP contribution in [0.4, 0.5) is 11.5 Å². The lowest BCUT2D eigenvalue weighted by atomic mass is 10.1. The molecule has 2 aromatic rings. The second-order valence-corrected chi connectivity index (χ2v) is 9.22. The Labute approximate surface area is 144 Å². The number of hydrogen-bond donors (Lipinski definition) is 2. The second-order valence-electron chi connectivity index (χ2n) is 5.92. The van der Waals surface area contributed by atoms with Crippen molar-refractivity contribution in [1.82, 2.24) is 4.98 Å². The van der Waals surface area contributed by atoms with Crippen molar-refractivity contribution in [3.05, 3.63) is 16.5 Å². The molecule has 1 aliphatic heterocycles. The van der Waals surface area contributed by atoms with Gasteiger partial charge in [-0.05, 0) is 18.1 Å². The van der Waals surface area contributed by atoms with Gasteiger partial charge in [0, 0.05) is 18.5 Å². The molecule has 0 radical (unpaired) electrons. The second kappa shape index (κ2) is 6.21. The van der Waals surface area contributed by atoms with Crippen LogP contribution in [-0.4, -0.2) is 43.9 Å². The minimum atomic E-state index is -2.95. The number of carbonyl (C=O) groups is 1. The minimum absolute atomic E-state index is 0.134. The number of aryl methyl sites for hydroxylation is 1. The van der Waals surface area contributed by atoms with Crippen LogP contribution >= 0.6 is 11.3 Å². The maximum Gasteiger partial charge on any atom is 0.260 e. The molecule has 0 unspecified atom stereocenters. The number of carbonyl (C=O) groups excluding carboxylic acids is 1. The van der Waals surface area contributed by atoms with Gasteiger partial charge in [0.05, 0.1) is 17.2 Å². The van der Waals surface area contributed by atoms with E-state index in [2.05, 4.69) is 11.9 Å². The standard InChI is InChI=1S/C15H20N4O3S2/c1-2-3-9-8-10(19-4-6-24(21,22)7-5-19)18-15-11(9)12(16)13(23-15)14(17)20/h8H,2-7,16H2,1H3,(H2,17,20). The lowest BCUT2D eigenvalue weighted by Gasteiger charge is -2.28.